The summed E-state index contributed by atoms with van der Waals surface area (Å²) in [5, 5.41) is 11.4. The number of aryl methyl sites for hydroxylation is 1. The predicted octanol–water partition coefficient (Wildman–Crippen LogP) is 1.23. The fourth-order valence-corrected chi connectivity index (χ4v) is 1.31. The molecule has 1 aromatic heterocycles. The number of aromatic nitrogens is 3. The van der Waals surface area contributed by atoms with Crippen molar-refractivity contribution in [3.8, 4) is 0 Å². The Hall–Kier alpha value is -0.900. The van der Waals surface area contributed by atoms with E-state index in [1.54, 1.807) is 6.33 Å². The molecule has 1 heterocycles. The van der Waals surface area contributed by atoms with Crippen molar-refractivity contribution >= 4 is 0 Å². The third kappa shape index (κ3) is 3.10. The summed E-state index contributed by atoms with van der Waals surface area (Å²) in [6.45, 7) is 8.42. The van der Waals surface area contributed by atoms with Crippen molar-refractivity contribution in [2.45, 2.75) is 46.2 Å². The molecule has 1 atom stereocenters. The van der Waals surface area contributed by atoms with Crippen LogP contribution in [0.15, 0.2) is 6.33 Å². The van der Waals surface area contributed by atoms with Crippen molar-refractivity contribution < 1.29 is 0 Å². The van der Waals surface area contributed by atoms with Gasteiger partial charge in [0.05, 0.1) is 0 Å². The van der Waals surface area contributed by atoms with Crippen LogP contribution in [0.4, 0.5) is 0 Å². The van der Waals surface area contributed by atoms with E-state index in [4.69, 9.17) is 0 Å². The van der Waals surface area contributed by atoms with E-state index in [1.165, 1.54) is 6.42 Å². The summed E-state index contributed by atoms with van der Waals surface area (Å²) in [6.07, 6.45) is 3.91. The van der Waals surface area contributed by atoms with Gasteiger partial charge in [-0.3, -0.25) is 0 Å². The van der Waals surface area contributed by atoms with Gasteiger partial charge in [0.25, 0.3) is 0 Å². The van der Waals surface area contributed by atoms with Gasteiger partial charge in [0.2, 0.25) is 0 Å². The van der Waals surface area contributed by atoms with Crippen LogP contribution >= 0.6 is 0 Å². The largest absolute Gasteiger partial charge is 0.318 e. The van der Waals surface area contributed by atoms with E-state index in [-0.39, 0.29) is 0 Å². The second-order valence-electron chi connectivity index (χ2n) is 3.55. The molecule has 0 spiro atoms. The van der Waals surface area contributed by atoms with Gasteiger partial charge in [0.1, 0.15) is 12.2 Å². The fourth-order valence-electron chi connectivity index (χ4n) is 1.31. The highest BCUT2D eigenvalue weighted by Gasteiger charge is 2.02. The van der Waals surface area contributed by atoms with Crippen LogP contribution in [0.3, 0.4) is 0 Å². The number of nitrogens with one attached hydrogen (secondary N) is 1. The molecule has 0 aliphatic rings. The quantitative estimate of drug-likeness (QED) is 0.744. The van der Waals surface area contributed by atoms with Crippen LogP contribution in [0.2, 0.25) is 0 Å². The molecule has 0 radical (unpaired) electrons. The van der Waals surface area contributed by atoms with Gasteiger partial charge in [-0.15, -0.1) is 10.2 Å². The first-order chi connectivity index (χ1) is 6.77. The number of nitrogens with zero attached hydrogens (tertiary/aromatic N) is 3. The van der Waals surface area contributed by atoms with E-state index in [0.717, 1.165) is 25.3 Å². The smallest absolute Gasteiger partial charge is 0.134 e. The maximum absolute atomic E-state index is 4.08. The van der Waals surface area contributed by atoms with Crippen LogP contribution in [0, 0.1) is 0 Å². The Labute approximate surface area is 85.7 Å². The molecular weight excluding hydrogens is 176 g/mol. The molecule has 4 nitrogen and oxygen atoms in total. The van der Waals surface area contributed by atoms with E-state index in [2.05, 4.69) is 40.9 Å². The van der Waals surface area contributed by atoms with Crippen molar-refractivity contribution in [1.29, 1.82) is 0 Å². The first-order valence-electron chi connectivity index (χ1n) is 5.38. The topological polar surface area (TPSA) is 42.7 Å². The second-order valence-corrected chi connectivity index (χ2v) is 3.55. The third-order valence-electron chi connectivity index (χ3n) is 2.49. The average Bonchev–Trinajstić information content (AvgIpc) is 2.65. The molecule has 4 heteroatoms. The Kier molecular flexibility index (Phi) is 4.59. The lowest BCUT2D eigenvalue weighted by Gasteiger charge is -2.10. The van der Waals surface area contributed by atoms with Crippen LogP contribution in [0.25, 0.3) is 0 Å². The Bertz CT molecular complexity index is 256. The summed E-state index contributed by atoms with van der Waals surface area (Å²) in [5.74, 6) is 1.07. The molecule has 0 aromatic carbocycles. The van der Waals surface area contributed by atoms with Crippen LogP contribution in [-0.4, -0.2) is 27.4 Å². The number of rotatable bonds is 6. The maximum atomic E-state index is 4.08. The van der Waals surface area contributed by atoms with Crippen molar-refractivity contribution in [2.24, 2.45) is 0 Å². The standard InChI is InChI=1S/C10H20N4/c1-4-9(3)11-7-6-10-13-12-8-14(10)5-2/h8-9,11H,4-7H2,1-3H3. The van der Waals surface area contributed by atoms with E-state index in [0.29, 0.717) is 6.04 Å². The van der Waals surface area contributed by atoms with Crippen molar-refractivity contribution in [3.63, 3.8) is 0 Å². The van der Waals surface area contributed by atoms with Crippen LogP contribution in [-0.2, 0) is 13.0 Å². The van der Waals surface area contributed by atoms with E-state index in [9.17, 15) is 0 Å². The fraction of sp³-hybridized carbons (Fsp3) is 0.800. The highest BCUT2D eigenvalue weighted by Crippen LogP contribution is 1.96. The lowest BCUT2D eigenvalue weighted by molar-refractivity contribution is 0.526. The Morgan fingerprint density at radius 3 is 2.93 bits per heavy atom. The Balaban J connectivity index is 2.31. The highest BCUT2D eigenvalue weighted by molar-refractivity contribution is 4.86. The Morgan fingerprint density at radius 1 is 1.50 bits per heavy atom. The molecule has 0 fully saturated rings. The molecule has 1 N–H and O–H groups in total. The van der Waals surface area contributed by atoms with Crippen molar-refractivity contribution in [3.05, 3.63) is 12.2 Å². The van der Waals surface area contributed by atoms with Crippen LogP contribution in [0.1, 0.15) is 33.0 Å². The average molecular weight is 196 g/mol. The third-order valence-corrected chi connectivity index (χ3v) is 2.49. The van der Waals surface area contributed by atoms with Crippen molar-refractivity contribution in [1.82, 2.24) is 20.1 Å². The molecule has 0 aliphatic carbocycles. The molecule has 14 heavy (non-hydrogen) atoms. The molecule has 0 bridgehead atoms. The zero-order valence-electron chi connectivity index (χ0n) is 9.32. The summed E-state index contributed by atoms with van der Waals surface area (Å²) >= 11 is 0. The molecular formula is C10H20N4. The van der Waals surface area contributed by atoms with Gasteiger partial charge >= 0.3 is 0 Å². The minimum atomic E-state index is 0.591. The second kappa shape index (κ2) is 5.75. The summed E-state index contributed by atoms with van der Waals surface area (Å²) in [7, 11) is 0. The SMILES string of the molecule is CCC(C)NCCc1nncn1CC. The van der Waals surface area contributed by atoms with Gasteiger partial charge in [-0.05, 0) is 20.3 Å². The van der Waals surface area contributed by atoms with Crippen LogP contribution in [0.5, 0.6) is 0 Å². The number of hydrogen-bond acceptors (Lipinski definition) is 3. The van der Waals surface area contributed by atoms with E-state index >= 15 is 0 Å². The Morgan fingerprint density at radius 2 is 2.29 bits per heavy atom. The molecule has 80 valence electrons. The number of hydrogen-bond donors (Lipinski definition) is 1. The first-order valence-corrected chi connectivity index (χ1v) is 5.38. The van der Waals surface area contributed by atoms with Gasteiger partial charge < -0.3 is 9.88 Å². The molecule has 0 saturated carbocycles. The maximum Gasteiger partial charge on any atom is 0.134 e. The molecule has 0 amide bonds. The lowest BCUT2D eigenvalue weighted by atomic mass is 10.2. The molecule has 1 rings (SSSR count). The monoisotopic (exact) mass is 196 g/mol. The van der Waals surface area contributed by atoms with Crippen LogP contribution < -0.4 is 5.32 Å². The normalized spacial score (nSPS) is 13.1. The highest BCUT2D eigenvalue weighted by atomic mass is 15.3. The summed E-state index contributed by atoms with van der Waals surface area (Å²) in [4.78, 5) is 0. The predicted molar refractivity (Wildman–Crippen MR) is 57.2 cm³/mol. The van der Waals surface area contributed by atoms with Gasteiger partial charge in [-0.2, -0.15) is 0 Å². The lowest BCUT2D eigenvalue weighted by Crippen LogP contribution is -2.27. The van der Waals surface area contributed by atoms with Gasteiger partial charge in [-0.1, -0.05) is 6.92 Å². The molecule has 0 aliphatic heterocycles. The molecule has 0 saturated heterocycles. The summed E-state index contributed by atoms with van der Waals surface area (Å²) in [6, 6.07) is 0.591. The molecule has 1 unspecified atom stereocenters. The molecule has 1 aromatic rings. The first kappa shape index (κ1) is 11.2. The van der Waals surface area contributed by atoms with Gasteiger partial charge in [-0.25, -0.2) is 0 Å². The minimum Gasteiger partial charge on any atom is -0.318 e. The summed E-state index contributed by atoms with van der Waals surface area (Å²) < 4.78 is 2.08. The zero-order chi connectivity index (χ0) is 10.4. The minimum absolute atomic E-state index is 0.591. The van der Waals surface area contributed by atoms with E-state index in [1.807, 2.05) is 0 Å². The zero-order valence-corrected chi connectivity index (χ0v) is 9.32. The van der Waals surface area contributed by atoms with Crippen molar-refractivity contribution in [2.75, 3.05) is 6.54 Å². The van der Waals surface area contributed by atoms with Gasteiger partial charge in [0.15, 0.2) is 0 Å². The van der Waals surface area contributed by atoms with Gasteiger partial charge in [0, 0.05) is 25.6 Å². The summed E-state index contributed by atoms with van der Waals surface area (Å²) in [5.41, 5.74) is 0. The van der Waals surface area contributed by atoms with E-state index < -0.39 is 0 Å².